The number of hydrogen-bond donors (Lipinski definition) is 2. The molecular formula is C10H21N3O4S. The highest BCUT2D eigenvalue weighted by Crippen LogP contribution is 2.32. The van der Waals surface area contributed by atoms with Gasteiger partial charge in [-0.2, -0.15) is 12.7 Å². The fourth-order valence-corrected chi connectivity index (χ4v) is 3.65. The minimum absolute atomic E-state index is 0.0961. The predicted molar refractivity (Wildman–Crippen MR) is 67.2 cm³/mol. The Balaban J connectivity index is 3.14. The van der Waals surface area contributed by atoms with E-state index >= 15 is 0 Å². The van der Waals surface area contributed by atoms with E-state index in [1.165, 1.54) is 9.21 Å². The van der Waals surface area contributed by atoms with Gasteiger partial charge in [-0.25, -0.2) is 9.93 Å². The normalized spacial score (nSPS) is 27.3. The second-order valence-electron chi connectivity index (χ2n) is 5.68. The van der Waals surface area contributed by atoms with Crippen LogP contribution in [0.2, 0.25) is 0 Å². The molecule has 1 unspecified atom stereocenters. The Morgan fingerprint density at radius 2 is 1.83 bits per heavy atom. The van der Waals surface area contributed by atoms with Gasteiger partial charge >= 0.3 is 6.09 Å². The van der Waals surface area contributed by atoms with Crippen molar-refractivity contribution in [3.8, 4) is 0 Å². The molecule has 106 valence electrons. The maximum absolute atomic E-state index is 11.5. The Morgan fingerprint density at radius 1 is 1.33 bits per heavy atom. The molecule has 0 aromatic heterocycles. The Hall–Kier alpha value is -0.860. The van der Waals surface area contributed by atoms with E-state index in [1.807, 2.05) is 20.8 Å². The SMILES string of the molecule is C[C@H]1C(C(C)(C)C)N(C(=O)O)CCN1S(N)(=O)=O. The molecule has 0 aromatic rings. The van der Waals surface area contributed by atoms with Crippen LogP contribution in [0.3, 0.4) is 0 Å². The lowest BCUT2D eigenvalue weighted by Gasteiger charge is -2.49. The van der Waals surface area contributed by atoms with Crippen molar-refractivity contribution in [1.29, 1.82) is 0 Å². The molecule has 0 radical (unpaired) electrons. The lowest BCUT2D eigenvalue weighted by molar-refractivity contribution is 0.0159. The third kappa shape index (κ3) is 2.93. The fourth-order valence-electron chi connectivity index (χ4n) is 2.73. The van der Waals surface area contributed by atoms with Crippen LogP contribution in [0.25, 0.3) is 0 Å². The zero-order valence-electron chi connectivity index (χ0n) is 11.1. The van der Waals surface area contributed by atoms with Gasteiger partial charge in [0.15, 0.2) is 0 Å². The average molecular weight is 279 g/mol. The molecule has 0 saturated carbocycles. The monoisotopic (exact) mass is 279 g/mol. The topological polar surface area (TPSA) is 104 Å². The van der Waals surface area contributed by atoms with E-state index in [1.54, 1.807) is 6.92 Å². The minimum Gasteiger partial charge on any atom is -0.465 e. The molecule has 3 N–H and O–H groups in total. The zero-order chi connectivity index (χ0) is 14.3. The van der Waals surface area contributed by atoms with E-state index < -0.39 is 28.4 Å². The summed E-state index contributed by atoms with van der Waals surface area (Å²) >= 11 is 0. The third-order valence-electron chi connectivity index (χ3n) is 3.27. The first kappa shape index (κ1) is 15.2. The Kier molecular flexibility index (Phi) is 3.94. The van der Waals surface area contributed by atoms with Gasteiger partial charge in [0.25, 0.3) is 10.2 Å². The summed E-state index contributed by atoms with van der Waals surface area (Å²) < 4.78 is 24.1. The van der Waals surface area contributed by atoms with Gasteiger partial charge in [0.2, 0.25) is 0 Å². The lowest BCUT2D eigenvalue weighted by atomic mass is 9.80. The molecule has 1 saturated heterocycles. The van der Waals surface area contributed by atoms with Crippen molar-refractivity contribution in [2.75, 3.05) is 13.1 Å². The predicted octanol–water partition coefficient (Wildman–Crippen LogP) is 0.289. The van der Waals surface area contributed by atoms with Crippen molar-refractivity contribution in [2.24, 2.45) is 10.6 Å². The van der Waals surface area contributed by atoms with Crippen molar-refractivity contribution < 1.29 is 18.3 Å². The Bertz CT molecular complexity index is 429. The molecule has 1 amide bonds. The highest BCUT2D eigenvalue weighted by atomic mass is 32.2. The van der Waals surface area contributed by atoms with E-state index in [9.17, 15) is 18.3 Å². The molecular weight excluding hydrogens is 258 g/mol. The maximum Gasteiger partial charge on any atom is 0.407 e. The van der Waals surface area contributed by atoms with E-state index in [0.29, 0.717) is 0 Å². The largest absolute Gasteiger partial charge is 0.465 e. The van der Waals surface area contributed by atoms with Crippen LogP contribution in [0.15, 0.2) is 0 Å². The standard InChI is InChI=1S/C10H21N3O4S/c1-7-8(10(2,3)4)12(9(14)15)5-6-13(7)18(11,16)17/h7-8H,5-6H2,1-4H3,(H,14,15)(H2,11,16,17)/t7-,8?/m0/s1. The smallest absolute Gasteiger partial charge is 0.407 e. The van der Waals surface area contributed by atoms with Crippen molar-refractivity contribution in [3.63, 3.8) is 0 Å². The van der Waals surface area contributed by atoms with Crippen LogP contribution in [0.5, 0.6) is 0 Å². The average Bonchev–Trinajstić information content (AvgIpc) is 2.12. The number of amides is 1. The van der Waals surface area contributed by atoms with Crippen molar-refractivity contribution >= 4 is 16.3 Å². The summed E-state index contributed by atoms with van der Waals surface area (Å²) in [5.41, 5.74) is -0.374. The van der Waals surface area contributed by atoms with Crippen LogP contribution in [0, 0.1) is 5.41 Å². The first-order valence-corrected chi connectivity index (χ1v) is 7.25. The molecule has 0 bridgehead atoms. The number of carboxylic acid groups (broad SMARTS) is 1. The molecule has 1 heterocycles. The van der Waals surface area contributed by atoms with Gasteiger partial charge in [0.1, 0.15) is 0 Å². The van der Waals surface area contributed by atoms with Gasteiger partial charge < -0.3 is 10.0 Å². The minimum atomic E-state index is -3.80. The molecule has 1 fully saturated rings. The van der Waals surface area contributed by atoms with Crippen molar-refractivity contribution in [3.05, 3.63) is 0 Å². The number of nitrogens with zero attached hydrogens (tertiary/aromatic N) is 2. The number of carbonyl (C=O) groups is 1. The summed E-state index contributed by atoms with van der Waals surface area (Å²) in [5.74, 6) is 0. The highest BCUT2D eigenvalue weighted by molar-refractivity contribution is 7.86. The molecule has 18 heavy (non-hydrogen) atoms. The number of rotatable bonds is 1. The molecule has 2 atom stereocenters. The maximum atomic E-state index is 11.5. The Morgan fingerprint density at radius 3 is 2.17 bits per heavy atom. The van der Waals surface area contributed by atoms with E-state index in [-0.39, 0.29) is 18.5 Å². The van der Waals surface area contributed by atoms with Crippen LogP contribution in [0.1, 0.15) is 27.7 Å². The number of hydrogen-bond acceptors (Lipinski definition) is 3. The van der Waals surface area contributed by atoms with Crippen LogP contribution in [0.4, 0.5) is 4.79 Å². The third-order valence-corrected chi connectivity index (χ3v) is 4.44. The van der Waals surface area contributed by atoms with Gasteiger partial charge in [0.05, 0.1) is 6.04 Å². The van der Waals surface area contributed by atoms with E-state index in [2.05, 4.69) is 0 Å². The molecule has 1 aliphatic heterocycles. The van der Waals surface area contributed by atoms with Crippen molar-refractivity contribution in [2.45, 2.75) is 39.8 Å². The van der Waals surface area contributed by atoms with Crippen LogP contribution < -0.4 is 5.14 Å². The first-order valence-electron chi connectivity index (χ1n) is 5.75. The molecule has 1 rings (SSSR count). The molecule has 0 aliphatic carbocycles. The van der Waals surface area contributed by atoms with Gasteiger partial charge in [-0.1, -0.05) is 20.8 Å². The summed E-state index contributed by atoms with van der Waals surface area (Å²) in [4.78, 5) is 12.5. The molecule has 1 aliphatic rings. The number of piperazine rings is 1. The second kappa shape index (κ2) is 4.67. The van der Waals surface area contributed by atoms with Crippen LogP contribution >= 0.6 is 0 Å². The molecule has 7 nitrogen and oxygen atoms in total. The summed E-state index contributed by atoms with van der Waals surface area (Å²) in [6.07, 6.45) is -1.03. The van der Waals surface area contributed by atoms with Gasteiger partial charge in [-0.3, -0.25) is 0 Å². The molecule has 0 aromatic carbocycles. The lowest BCUT2D eigenvalue weighted by Crippen LogP contribution is -2.65. The first-order chi connectivity index (χ1) is 7.96. The van der Waals surface area contributed by atoms with Crippen LogP contribution in [-0.2, 0) is 10.2 Å². The summed E-state index contributed by atoms with van der Waals surface area (Å²) in [6, 6.07) is -0.910. The second-order valence-corrected chi connectivity index (χ2v) is 7.18. The summed E-state index contributed by atoms with van der Waals surface area (Å²) in [6.45, 7) is 7.58. The van der Waals surface area contributed by atoms with Crippen LogP contribution in [-0.4, -0.2) is 54.0 Å². The summed E-state index contributed by atoms with van der Waals surface area (Å²) in [7, 11) is -3.80. The van der Waals surface area contributed by atoms with Crippen molar-refractivity contribution in [1.82, 2.24) is 9.21 Å². The van der Waals surface area contributed by atoms with Gasteiger partial charge in [-0.05, 0) is 12.3 Å². The van der Waals surface area contributed by atoms with E-state index in [4.69, 9.17) is 5.14 Å². The fraction of sp³-hybridized carbons (Fsp3) is 0.900. The van der Waals surface area contributed by atoms with Gasteiger partial charge in [-0.15, -0.1) is 0 Å². The van der Waals surface area contributed by atoms with Gasteiger partial charge in [0, 0.05) is 19.1 Å². The number of nitrogens with two attached hydrogens (primary N) is 1. The quantitative estimate of drug-likeness (QED) is 0.719. The molecule has 8 heteroatoms. The highest BCUT2D eigenvalue weighted by Gasteiger charge is 2.45. The molecule has 0 spiro atoms. The zero-order valence-corrected chi connectivity index (χ0v) is 11.9. The van der Waals surface area contributed by atoms with E-state index in [0.717, 1.165) is 0 Å². The Labute approximate surface area is 108 Å². The summed E-state index contributed by atoms with van der Waals surface area (Å²) in [5, 5.41) is 14.4.